The number of carbonyl (C=O) groups is 1. The lowest BCUT2D eigenvalue weighted by molar-refractivity contribution is -0.120. The van der Waals surface area contributed by atoms with Crippen molar-refractivity contribution < 1.29 is 13.6 Å². The van der Waals surface area contributed by atoms with Crippen LogP contribution in [0.25, 0.3) is 0 Å². The third-order valence-corrected chi connectivity index (χ3v) is 3.20. The number of amides is 1. The van der Waals surface area contributed by atoms with E-state index in [1.54, 1.807) is 30.3 Å². The Labute approximate surface area is 128 Å². The average Bonchev–Trinajstić information content (AvgIpc) is 2.51. The molecule has 0 aromatic heterocycles. The molecule has 22 heavy (non-hydrogen) atoms. The highest BCUT2D eigenvalue weighted by atomic mass is 19.1. The third-order valence-electron chi connectivity index (χ3n) is 3.20. The average molecular weight is 304 g/mol. The summed E-state index contributed by atoms with van der Waals surface area (Å²) in [5.41, 5.74) is 1.35. The van der Waals surface area contributed by atoms with Crippen LogP contribution < -0.4 is 10.6 Å². The molecule has 0 radical (unpaired) electrons. The molecule has 0 spiro atoms. The number of halogens is 2. The predicted molar refractivity (Wildman–Crippen MR) is 82.6 cm³/mol. The van der Waals surface area contributed by atoms with Crippen molar-refractivity contribution in [3.8, 4) is 0 Å². The minimum Gasteiger partial charge on any atom is -0.385 e. The minimum atomic E-state index is -0.295. The molecule has 0 heterocycles. The van der Waals surface area contributed by atoms with Crippen molar-refractivity contribution in [1.82, 2.24) is 5.32 Å². The molecule has 116 valence electrons. The first kappa shape index (κ1) is 15.9. The second-order valence-electron chi connectivity index (χ2n) is 4.88. The molecule has 0 fully saturated rings. The Kier molecular flexibility index (Phi) is 5.89. The summed E-state index contributed by atoms with van der Waals surface area (Å²) in [4.78, 5) is 11.7. The molecular formula is C17H18F2N2O. The molecular weight excluding hydrogens is 286 g/mol. The van der Waals surface area contributed by atoms with E-state index in [9.17, 15) is 13.6 Å². The second kappa shape index (κ2) is 8.12. The van der Waals surface area contributed by atoms with Gasteiger partial charge in [-0.3, -0.25) is 4.79 Å². The van der Waals surface area contributed by atoms with Crippen LogP contribution in [0.15, 0.2) is 48.5 Å². The molecule has 0 aliphatic heterocycles. The summed E-state index contributed by atoms with van der Waals surface area (Å²) in [7, 11) is 0. The van der Waals surface area contributed by atoms with Gasteiger partial charge in [0.1, 0.15) is 11.6 Å². The van der Waals surface area contributed by atoms with Crippen molar-refractivity contribution in [2.75, 3.05) is 18.4 Å². The van der Waals surface area contributed by atoms with Gasteiger partial charge in [0.25, 0.3) is 0 Å². The van der Waals surface area contributed by atoms with E-state index in [0.29, 0.717) is 31.5 Å². The molecule has 0 aliphatic rings. The van der Waals surface area contributed by atoms with Crippen LogP contribution in [-0.4, -0.2) is 19.0 Å². The smallest absolute Gasteiger partial charge is 0.221 e. The zero-order chi connectivity index (χ0) is 15.8. The van der Waals surface area contributed by atoms with Crippen molar-refractivity contribution in [2.24, 2.45) is 0 Å². The Hall–Kier alpha value is -2.43. The number of hydrogen-bond acceptors (Lipinski definition) is 2. The first-order valence-electron chi connectivity index (χ1n) is 7.15. The van der Waals surface area contributed by atoms with Crippen molar-refractivity contribution in [3.05, 3.63) is 65.7 Å². The van der Waals surface area contributed by atoms with Crippen LogP contribution in [0.4, 0.5) is 14.5 Å². The van der Waals surface area contributed by atoms with E-state index in [2.05, 4.69) is 10.6 Å². The van der Waals surface area contributed by atoms with Gasteiger partial charge in [0.05, 0.1) is 0 Å². The van der Waals surface area contributed by atoms with Crippen LogP contribution in [-0.2, 0) is 11.2 Å². The van der Waals surface area contributed by atoms with Gasteiger partial charge in [-0.1, -0.05) is 18.2 Å². The van der Waals surface area contributed by atoms with E-state index in [1.807, 2.05) is 0 Å². The van der Waals surface area contributed by atoms with Gasteiger partial charge in [0, 0.05) is 25.2 Å². The predicted octanol–water partition coefficient (Wildman–Crippen LogP) is 3.13. The SMILES string of the molecule is O=C(CCNc1ccc(F)cc1)NCCc1ccccc1F. The van der Waals surface area contributed by atoms with Gasteiger partial charge in [-0.15, -0.1) is 0 Å². The van der Waals surface area contributed by atoms with Crippen LogP contribution in [0.5, 0.6) is 0 Å². The van der Waals surface area contributed by atoms with Gasteiger partial charge in [-0.2, -0.15) is 0 Å². The fourth-order valence-electron chi connectivity index (χ4n) is 2.01. The maximum Gasteiger partial charge on any atom is 0.221 e. The summed E-state index contributed by atoms with van der Waals surface area (Å²) in [6.07, 6.45) is 0.762. The van der Waals surface area contributed by atoms with Gasteiger partial charge >= 0.3 is 0 Å². The number of nitrogens with one attached hydrogen (secondary N) is 2. The molecule has 0 aliphatic carbocycles. The summed E-state index contributed by atoms with van der Waals surface area (Å²) in [6.45, 7) is 0.855. The van der Waals surface area contributed by atoms with Crippen molar-refractivity contribution in [3.63, 3.8) is 0 Å². The fraction of sp³-hybridized carbons (Fsp3) is 0.235. The van der Waals surface area contributed by atoms with Gasteiger partial charge in [0.15, 0.2) is 0 Å². The summed E-state index contributed by atoms with van der Waals surface area (Å²) in [5, 5.41) is 5.78. The fourth-order valence-corrected chi connectivity index (χ4v) is 2.01. The second-order valence-corrected chi connectivity index (χ2v) is 4.88. The first-order valence-corrected chi connectivity index (χ1v) is 7.15. The van der Waals surface area contributed by atoms with E-state index >= 15 is 0 Å². The number of hydrogen-bond donors (Lipinski definition) is 2. The molecule has 3 nitrogen and oxygen atoms in total. The van der Waals surface area contributed by atoms with E-state index in [1.165, 1.54) is 18.2 Å². The van der Waals surface area contributed by atoms with Gasteiger partial charge in [0.2, 0.25) is 5.91 Å². The topological polar surface area (TPSA) is 41.1 Å². The molecule has 0 bridgehead atoms. The van der Waals surface area contributed by atoms with E-state index < -0.39 is 0 Å². The molecule has 1 amide bonds. The lowest BCUT2D eigenvalue weighted by Crippen LogP contribution is -2.27. The molecule has 0 saturated heterocycles. The molecule has 0 unspecified atom stereocenters. The molecule has 2 N–H and O–H groups in total. The van der Waals surface area contributed by atoms with Crippen molar-refractivity contribution in [2.45, 2.75) is 12.8 Å². The zero-order valence-corrected chi connectivity index (χ0v) is 12.1. The first-order chi connectivity index (χ1) is 10.6. The molecule has 5 heteroatoms. The lowest BCUT2D eigenvalue weighted by atomic mass is 10.1. The molecule has 2 rings (SSSR count). The highest BCUT2D eigenvalue weighted by molar-refractivity contribution is 5.76. The van der Waals surface area contributed by atoms with Crippen molar-refractivity contribution >= 4 is 11.6 Å². The van der Waals surface area contributed by atoms with E-state index in [4.69, 9.17) is 0 Å². The van der Waals surface area contributed by atoms with Crippen LogP contribution in [0.2, 0.25) is 0 Å². The summed E-state index contributed by atoms with van der Waals surface area (Å²) < 4.78 is 26.1. The Morgan fingerprint density at radius 1 is 0.955 bits per heavy atom. The van der Waals surface area contributed by atoms with E-state index in [-0.39, 0.29) is 17.5 Å². The Balaban J connectivity index is 1.64. The number of benzene rings is 2. The normalized spacial score (nSPS) is 10.3. The van der Waals surface area contributed by atoms with Gasteiger partial charge in [-0.05, 0) is 42.3 Å². The van der Waals surface area contributed by atoms with Crippen LogP contribution in [0, 0.1) is 11.6 Å². The van der Waals surface area contributed by atoms with Crippen molar-refractivity contribution in [1.29, 1.82) is 0 Å². The summed E-state index contributed by atoms with van der Waals surface area (Å²) >= 11 is 0. The maximum absolute atomic E-state index is 13.4. The number of anilines is 1. The maximum atomic E-state index is 13.4. The third kappa shape index (κ3) is 5.16. The Morgan fingerprint density at radius 2 is 1.68 bits per heavy atom. The Morgan fingerprint density at radius 3 is 2.41 bits per heavy atom. The number of rotatable bonds is 7. The standard InChI is InChI=1S/C17H18F2N2O/c18-14-5-7-15(8-6-14)20-12-10-17(22)21-11-9-13-3-1-2-4-16(13)19/h1-8,20H,9-12H2,(H,21,22). The van der Waals surface area contributed by atoms with Gasteiger partial charge < -0.3 is 10.6 Å². The van der Waals surface area contributed by atoms with Gasteiger partial charge in [-0.25, -0.2) is 8.78 Å². The lowest BCUT2D eigenvalue weighted by Gasteiger charge is -2.08. The highest BCUT2D eigenvalue weighted by Gasteiger charge is 2.03. The molecule has 2 aromatic carbocycles. The molecule has 0 atom stereocenters. The molecule has 0 saturated carbocycles. The molecule has 2 aromatic rings. The van der Waals surface area contributed by atoms with Crippen LogP contribution in [0.1, 0.15) is 12.0 Å². The zero-order valence-electron chi connectivity index (χ0n) is 12.1. The van der Waals surface area contributed by atoms with Crippen LogP contribution in [0.3, 0.4) is 0 Å². The summed E-state index contributed by atoms with van der Waals surface area (Å²) in [6, 6.07) is 12.5. The summed E-state index contributed by atoms with van der Waals surface area (Å²) in [5.74, 6) is -0.655. The number of carbonyl (C=O) groups excluding carboxylic acids is 1. The highest BCUT2D eigenvalue weighted by Crippen LogP contribution is 2.08. The van der Waals surface area contributed by atoms with Crippen LogP contribution >= 0.6 is 0 Å². The minimum absolute atomic E-state index is 0.106. The quantitative estimate of drug-likeness (QED) is 0.825. The monoisotopic (exact) mass is 304 g/mol. The van der Waals surface area contributed by atoms with E-state index in [0.717, 1.165) is 5.69 Å². The largest absolute Gasteiger partial charge is 0.385 e. The Bertz CT molecular complexity index is 614.